The number of anilines is 1. The third kappa shape index (κ3) is 4.27. The van der Waals surface area contributed by atoms with Crippen molar-refractivity contribution < 1.29 is 18.0 Å². The van der Waals surface area contributed by atoms with Crippen molar-refractivity contribution in [2.24, 2.45) is 0 Å². The van der Waals surface area contributed by atoms with E-state index in [4.69, 9.17) is 11.6 Å². The van der Waals surface area contributed by atoms with Crippen LogP contribution in [0.3, 0.4) is 0 Å². The summed E-state index contributed by atoms with van der Waals surface area (Å²) in [4.78, 5) is 12.9. The fourth-order valence-electron chi connectivity index (χ4n) is 3.35. The molecule has 0 saturated heterocycles. The molecule has 0 aliphatic rings. The van der Waals surface area contributed by atoms with Crippen molar-refractivity contribution in [1.82, 2.24) is 9.78 Å². The number of benzene rings is 3. The van der Waals surface area contributed by atoms with Crippen LogP contribution in [0.2, 0.25) is 5.02 Å². The molecule has 31 heavy (non-hydrogen) atoms. The minimum atomic E-state index is -4.49. The maximum absolute atomic E-state index is 13.0. The van der Waals surface area contributed by atoms with Gasteiger partial charge in [0, 0.05) is 21.7 Å². The first-order chi connectivity index (χ1) is 14.7. The summed E-state index contributed by atoms with van der Waals surface area (Å²) in [6.07, 6.45) is -4.49. The normalized spacial score (nSPS) is 12.7. The number of aromatic nitrogens is 2. The molecule has 0 fully saturated rings. The molecule has 0 radical (unpaired) electrons. The van der Waals surface area contributed by atoms with Gasteiger partial charge in [-0.25, -0.2) is 0 Å². The summed E-state index contributed by atoms with van der Waals surface area (Å²) < 4.78 is 40.4. The second kappa shape index (κ2) is 8.07. The van der Waals surface area contributed by atoms with Crippen LogP contribution in [0.5, 0.6) is 0 Å². The zero-order chi connectivity index (χ0) is 22.2. The highest BCUT2D eigenvalue weighted by Crippen LogP contribution is 2.33. The second-order valence-electron chi connectivity index (χ2n) is 7.06. The summed E-state index contributed by atoms with van der Waals surface area (Å²) in [7, 11) is 0. The minimum absolute atomic E-state index is 0.0643. The highest BCUT2D eigenvalue weighted by molar-refractivity contribution is 6.31. The van der Waals surface area contributed by atoms with Crippen LogP contribution in [0.25, 0.3) is 22.2 Å². The van der Waals surface area contributed by atoms with E-state index in [-0.39, 0.29) is 5.69 Å². The Hall–Kier alpha value is -3.32. The minimum Gasteiger partial charge on any atom is -0.324 e. The molecular formula is C23H17ClF3N3O. The second-order valence-corrected chi connectivity index (χ2v) is 7.50. The first-order valence-electron chi connectivity index (χ1n) is 9.45. The molecule has 1 atom stereocenters. The number of amides is 1. The lowest BCUT2D eigenvalue weighted by Crippen LogP contribution is -2.24. The predicted molar refractivity (Wildman–Crippen MR) is 115 cm³/mol. The summed E-state index contributed by atoms with van der Waals surface area (Å²) in [6.45, 7) is 1.64. The fourth-order valence-corrected chi connectivity index (χ4v) is 3.52. The zero-order valence-electron chi connectivity index (χ0n) is 16.3. The van der Waals surface area contributed by atoms with Crippen LogP contribution >= 0.6 is 11.6 Å². The van der Waals surface area contributed by atoms with Crippen molar-refractivity contribution in [1.29, 1.82) is 0 Å². The Morgan fingerprint density at radius 1 is 1.03 bits per heavy atom. The van der Waals surface area contributed by atoms with Crippen molar-refractivity contribution in [2.75, 3.05) is 5.32 Å². The Balaban J connectivity index is 1.70. The molecule has 4 nitrogen and oxygen atoms in total. The molecule has 4 rings (SSSR count). The number of halogens is 4. The highest BCUT2D eigenvalue weighted by Gasteiger charge is 2.30. The van der Waals surface area contributed by atoms with E-state index < -0.39 is 23.7 Å². The third-order valence-electron chi connectivity index (χ3n) is 4.92. The number of fused-ring (bicyclic) bond motifs is 1. The lowest BCUT2D eigenvalue weighted by atomic mass is 10.1. The highest BCUT2D eigenvalue weighted by atomic mass is 35.5. The monoisotopic (exact) mass is 443 g/mol. The molecule has 0 spiro atoms. The molecule has 1 amide bonds. The standard InChI is InChI=1S/C23H17ClF3N3O/c1-14(22(31)28-18-9-5-8-16(12-18)23(25,26)27)30-20-11-10-17(24)13-19(20)21(29-30)15-6-3-2-4-7-15/h2-14H,1H3,(H,28,31)/t14-/m1/s1. The molecule has 1 heterocycles. The van der Waals surface area contributed by atoms with Gasteiger partial charge in [-0.2, -0.15) is 18.3 Å². The van der Waals surface area contributed by atoms with Gasteiger partial charge in [-0.3, -0.25) is 9.48 Å². The number of hydrogen-bond donors (Lipinski definition) is 1. The Morgan fingerprint density at radius 3 is 2.48 bits per heavy atom. The van der Waals surface area contributed by atoms with E-state index in [1.807, 2.05) is 30.3 Å². The first kappa shape index (κ1) is 20.9. The van der Waals surface area contributed by atoms with Crippen molar-refractivity contribution in [2.45, 2.75) is 19.1 Å². The van der Waals surface area contributed by atoms with Gasteiger partial charge in [0.1, 0.15) is 11.7 Å². The van der Waals surface area contributed by atoms with Crippen molar-refractivity contribution >= 4 is 34.1 Å². The molecule has 1 N–H and O–H groups in total. The quantitative estimate of drug-likeness (QED) is 0.387. The van der Waals surface area contributed by atoms with Crippen molar-refractivity contribution in [3.8, 4) is 11.3 Å². The van der Waals surface area contributed by atoms with Gasteiger partial charge in [0.15, 0.2) is 0 Å². The summed E-state index contributed by atoms with van der Waals surface area (Å²) >= 11 is 6.18. The fraction of sp³-hybridized carbons (Fsp3) is 0.130. The molecule has 8 heteroatoms. The van der Waals surface area contributed by atoms with Crippen LogP contribution in [0.1, 0.15) is 18.5 Å². The number of rotatable bonds is 4. The number of carbonyl (C=O) groups is 1. The van der Waals surface area contributed by atoms with Gasteiger partial charge in [-0.15, -0.1) is 0 Å². The van der Waals surface area contributed by atoms with Gasteiger partial charge >= 0.3 is 6.18 Å². The van der Waals surface area contributed by atoms with E-state index in [1.165, 1.54) is 12.1 Å². The van der Waals surface area contributed by atoms with E-state index in [0.29, 0.717) is 16.2 Å². The number of nitrogens with one attached hydrogen (secondary N) is 1. The molecule has 0 bridgehead atoms. The molecule has 158 valence electrons. The molecule has 4 aromatic rings. The van der Waals surface area contributed by atoms with Crippen LogP contribution in [0, 0.1) is 0 Å². The smallest absolute Gasteiger partial charge is 0.324 e. The lowest BCUT2D eigenvalue weighted by molar-refractivity contribution is -0.137. The van der Waals surface area contributed by atoms with Crippen molar-refractivity contribution in [3.63, 3.8) is 0 Å². The molecule has 0 aliphatic carbocycles. The van der Waals surface area contributed by atoms with Gasteiger partial charge < -0.3 is 5.32 Å². The summed E-state index contributed by atoms with van der Waals surface area (Å²) in [5, 5.41) is 8.50. The topological polar surface area (TPSA) is 46.9 Å². The third-order valence-corrected chi connectivity index (χ3v) is 5.15. The number of carbonyl (C=O) groups excluding carboxylic acids is 1. The Bertz CT molecular complexity index is 1250. The SMILES string of the molecule is C[C@H](C(=O)Nc1cccc(C(F)(F)F)c1)n1nc(-c2ccccc2)c2cc(Cl)ccc21. The maximum atomic E-state index is 13.0. The van der Waals surface area contributed by atoms with Gasteiger partial charge in [-0.05, 0) is 43.3 Å². The number of nitrogens with zero attached hydrogens (tertiary/aromatic N) is 2. The van der Waals surface area contributed by atoms with Gasteiger partial charge in [0.2, 0.25) is 5.91 Å². The maximum Gasteiger partial charge on any atom is 0.416 e. The lowest BCUT2D eigenvalue weighted by Gasteiger charge is -2.15. The molecule has 0 unspecified atom stereocenters. The van der Waals surface area contributed by atoms with Crippen LogP contribution < -0.4 is 5.32 Å². The predicted octanol–water partition coefficient (Wildman–Crippen LogP) is 6.58. The summed E-state index contributed by atoms with van der Waals surface area (Å²) in [6, 6.07) is 18.5. The van der Waals surface area contributed by atoms with Crippen LogP contribution in [-0.2, 0) is 11.0 Å². The Labute approximate surface area is 181 Å². The molecule has 0 aliphatic heterocycles. The molecule has 3 aromatic carbocycles. The van der Waals surface area contributed by atoms with E-state index in [9.17, 15) is 18.0 Å². The van der Waals surface area contributed by atoms with E-state index >= 15 is 0 Å². The van der Waals surface area contributed by atoms with Crippen LogP contribution in [-0.4, -0.2) is 15.7 Å². The largest absolute Gasteiger partial charge is 0.416 e. The van der Waals surface area contributed by atoms with E-state index in [1.54, 1.807) is 29.8 Å². The average Bonchev–Trinajstić information content (AvgIpc) is 3.12. The average molecular weight is 444 g/mol. The van der Waals surface area contributed by atoms with Crippen LogP contribution in [0.4, 0.5) is 18.9 Å². The summed E-state index contributed by atoms with van der Waals surface area (Å²) in [5.41, 5.74) is 1.45. The Morgan fingerprint density at radius 2 is 1.77 bits per heavy atom. The number of hydrogen-bond acceptors (Lipinski definition) is 2. The van der Waals surface area contributed by atoms with Crippen molar-refractivity contribution in [3.05, 3.63) is 83.4 Å². The zero-order valence-corrected chi connectivity index (χ0v) is 17.1. The molecular weight excluding hydrogens is 427 g/mol. The van der Waals surface area contributed by atoms with E-state index in [2.05, 4.69) is 10.4 Å². The first-order valence-corrected chi connectivity index (χ1v) is 9.83. The van der Waals surface area contributed by atoms with Gasteiger partial charge in [-0.1, -0.05) is 48.0 Å². The summed E-state index contributed by atoms with van der Waals surface area (Å²) in [5.74, 6) is -0.488. The molecule has 1 aromatic heterocycles. The van der Waals surface area contributed by atoms with Crippen LogP contribution in [0.15, 0.2) is 72.8 Å². The molecule has 0 saturated carbocycles. The van der Waals surface area contributed by atoms with Gasteiger partial charge in [0.25, 0.3) is 0 Å². The Kier molecular flexibility index (Phi) is 5.45. The van der Waals surface area contributed by atoms with E-state index in [0.717, 1.165) is 23.1 Å². The van der Waals surface area contributed by atoms with Gasteiger partial charge in [0.05, 0.1) is 11.1 Å². The number of alkyl halides is 3.